The Balaban J connectivity index is 2.27. The van der Waals surface area contributed by atoms with Crippen molar-refractivity contribution in [3.05, 3.63) is 104 Å². The summed E-state index contributed by atoms with van der Waals surface area (Å²) >= 11 is 0. The molecule has 7 heteroatoms. The maximum atomic E-state index is 12.7. The number of hydrogen-bond donors (Lipinski definition) is 0. The van der Waals surface area contributed by atoms with Gasteiger partial charge in [0.05, 0.1) is 0 Å². The number of azide groups is 1. The summed E-state index contributed by atoms with van der Waals surface area (Å²) in [4.78, 5) is 18.5. The Kier molecular flexibility index (Phi) is 5.38. The lowest BCUT2D eigenvalue weighted by Gasteiger charge is -2.32. The molecular weight excluding hydrogens is 340 g/mol. The minimum atomic E-state index is -1.48. The van der Waals surface area contributed by atoms with E-state index in [0.717, 1.165) is 11.1 Å². The van der Waals surface area contributed by atoms with Gasteiger partial charge in [0.2, 0.25) is 0 Å². The monoisotopic (exact) mass is 356 g/mol. The molecule has 1 fully saturated rings. The molecule has 0 N–H and O–H groups in total. The predicted molar refractivity (Wildman–Crippen MR) is 104 cm³/mol. The van der Waals surface area contributed by atoms with E-state index in [2.05, 4.69) is 20.1 Å². The molecular formula is C20H16N6O. The molecule has 2 aromatic carbocycles. The van der Waals surface area contributed by atoms with Crippen LogP contribution in [-0.2, 0) is 4.79 Å². The summed E-state index contributed by atoms with van der Waals surface area (Å²) < 4.78 is 0. The van der Waals surface area contributed by atoms with E-state index in [1.54, 1.807) is 12.2 Å². The summed E-state index contributed by atoms with van der Waals surface area (Å²) in [6, 6.07) is 18.7. The standard InChI is InChI=1S/C20H16N6O/c21-25-23-20(24-26-22)12-11-19(27)17(13-15-7-3-1-4-8-15)18(20)14-16-9-5-2-6-10-16/h1-10,13-14H,11-12H2. The van der Waals surface area contributed by atoms with Gasteiger partial charge in [-0.25, -0.2) is 0 Å². The van der Waals surface area contributed by atoms with Gasteiger partial charge in [-0.3, -0.25) is 4.79 Å². The highest BCUT2D eigenvalue weighted by molar-refractivity contribution is 6.07. The fourth-order valence-electron chi connectivity index (χ4n) is 3.08. The fourth-order valence-corrected chi connectivity index (χ4v) is 3.08. The lowest BCUT2D eigenvalue weighted by atomic mass is 9.78. The van der Waals surface area contributed by atoms with Gasteiger partial charge in [-0.15, -0.1) is 0 Å². The Labute approximate surface area is 155 Å². The lowest BCUT2D eigenvalue weighted by Crippen LogP contribution is -2.34. The molecule has 0 heterocycles. The average molecular weight is 356 g/mol. The van der Waals surface area contributed by atoms with Crippen molar-refractivity contribution >= 4 is 17.9 Å². The zero-order valence-electron chi connectivity index (χ0n) is 14.4. The van der Waals surface area contributed by atoms with Gasteiger partial charge in [-0.1, -0.05) is 77.0 Å². The first-order valence-electron chi connectivity index (χ1n) is 8.38. The summed E-state index contributed by atoms with van der Waals surface area (Å²) in [6.45, 7) is 0. The molecule has 0 aliphatic heterocycles. The third kappa shape index (κ3) is 3.90. The average Bonchev–Trinajstić information content (AvgIpc) is 2.69. The summed E-state index contributed by atoms with van der Waals surface area (Å²) in [5.41, 5.74) is 19.1. The molecule has 0 atom stereocenters. The predicted octanol–water partition coefficient (Wildman–Crippen LogP) is 5.83. The molecule has 27 heavy (non-hydrogen) atoms. The van der Waals surface area contributed by atoms with Crippen molar-refractivity contribution in [3.63, 3.8) is 0 Å². The van der Waals surface area contributed by atoms with E-state index >= 15 is 0 Å². The molecule has 0 radical (unpaired) electrons. The smallest absolute Gasteiger partial charge is 0.163 e. The number of carbonyl (C=O) groups is 1. The molecule has 132 valence electrons. The molecule has 0 saturated heterocycles. The minimum absolute atomic E-state index is 0.0852. The maximum absolute atomic E-state index is 12.7. The molecule has 0 bridgehead atoms. The SMILES string of the molecule is [N-]=[N+]=NC1(N=[N+]=[N-])CCC(=O)C(=Cc2ccccc2)C1=Cc1ccccc1. The van der Waals surface area contributed by atoms with E-state index < -0.39 is 5.66 Å². The first kappa shape index (κ1) is 18.0. The van der Waals surface area contributed by atoms with E-state index in [0.29, 0.717) is 11.1 Å². The lowest BCUT2D eigenvalue weighted by molar-refractivity contribution is -0.116. The molecule has 0 unspecified atom stereocenters. The van der Waals surface area contributed by atoms with Gasteiger partial charge in [-0.05, 0) is 40.3 Å². The Hall–Kier alpha value is -3.79. The Bertz CT molecular complexity index is 979. The topological polar surface area (TPSA) is 115 Å². The van der Waals surface area contributed by atoms with Gasteiger partial charge in [0.25, 0.3) is 0 Å². The van der Waals surface area contributed by atoms with Crippen LogP contribution < -0.4 is 0 Å². The van der Waals surface area contributed by atoms with Crippen LogP contribution in [0.3, 0.4) is 0 Å². The number of nitrogens with zero attached hydrogens (tertiary/aromatic N) is 6. The van der Waals surface area contributed by atoms with Crippen molar-refractivity contribution in [3.8, 4) is 0 Å². The van der Waals surface area contributed by atoms with Crippen LogP contribution in [0.4, 0.5) is 0 Å². The zero-order chi connectivity index (χ0) is 19.1. The van der Waals surface area contributed by atoms with E-state index in [1.165, 1.54) is 0 Å². The largest absolute Gasteiger partial charge is 0.294 e. The number of carbonyl (C=O) groups excluding carboxylic acids is 1. The van der Waals surface area contributed by atoms with Crippen LogP contribution in [0.2, 0.25) is 0 Å². The van der Waals surface area contributed by atoms with Crippen molar-refractivity contribution in [2.24, 2.45) is 10.2 Å². The number of benzene rings is 2. The molecule has 3 rings (SSSR count). The highest BCUT2D eigenvalue weighted by Crippen LogP contribution is 2.41. The van der Waals surface area contributed by atoms with Crippen molar-refractivity contribution < 1.29 is 4.79 Å². The van der Waals surface area contributed by atoms with Crippen molar-refractivity contribution in [2.45, 2.75) is 18.5 Å². The molecule has 2 aromatic rings. The van der Waals surface area contributed by atoms with E-state index in [4.69, 9.17) is 11.1 Å². The van der Waals surface area contributed by atoms with Crippen LogP contribution in [0.5, 0.6) is 0 Å². The summed E-state index contributed by atoms with van der Waals surface area (Å²) in [5, 5.41) is 7.62. The first-order chi connectivity index (χ1) is 13.2. The minimum Gasteiger partial charge on any atom is -0.294 e. The maximum Gasteiger partial charge on any atom is 0.163 e. The quantitative estimate of drug-likeness (QED) is 0.291. The van der Waals surface area contributed by atoms with Crippen molar-refractivity contribution in [1.29, 1.82) is 0 Å². The highest BCUT2D eigenvalue weighted by Gasteiger charge is 2.41. The van der Waals surface area contributed by atoms with Crippen molar-refractivity contribution in [1.82, 2.24) is 0 Å². The van der Waals surface area contributed by atoms with Gasteiger partial charge in [0, 0.05) is 21.8 Å². The number of Topliss-reactive ketones (excluding diaryl/α,β-unsaturated/α-hetero) is 1. The van der Waals surface area contributed by atoms with Crippen LogP contribution in [0.15, 0.2) is 82.0 Å². The second-order valence-corrected chi connectivity index (χ2v) is 6.06. The number of ketones is 1. The van der Waals surface area contributed by atoms with Crippen LogP contribution in [0.25, 0.3) is 33.0 Å². The number of rotatable bonds is 4. The normalized spacial score (nSPS) is 22.1. The van der Waals surface area contributed by atoms with Crippen molar-refractivity contribution in [2.75, 3.05) is 0 Å². The Morgan fingerprint density at radius 3 is 1.89 bits per heavy atom. The van der Waals surface area contributed by atoms with Gasteiger partial charge >= 0.3 is 0 Å². The van der Waals surface area contributed by atoms with Crippen LogP contribution in [0, 0.1) is 0 Å². The van der Waals surface area contributed by atoms with Crippen LogP contribution >= 0.6 is 0 Å². The molecule has 1 aliphatic rings. The van der Waals surface area contributed by atoms with Gasteiger partial charge in [0.15, 0.2) is 11.4 Å². The van der Waals surface area contributed by atoms with Gasteiger partial charge in [0.1, 0.15) is 0 Å². The molecule has 1 aliphatic carbocycles. The fraction of sp³-hybridized carbons (Fsp3) is 0.150. The van der Waals surface area contributed by atoms with E-state index in [9.17, 15) is 4.79 Å². The molecule has 0 aromatic heterocycles. The number of hydrogen-bond acceptors (Lipinski definition) is 3. The molecule has 7 nitrogen and oxygen atoms in total. The first-order valence-corrected chi connectivity index (χ1v) is 8.38. The summed E-state index contributed by atoms with van der Waals surface area (Å²) in [5.74, 6) is -0.0852. The summed E-state index contributed by atoms with van der Waals surface area (Å²) in [7, 11) is 0. The third-order valence-electron chi connectivity index (χ3n) is 4.36. The Morgan fingerprint density at radius 1 is 0.852 bits per heavy atom. The second-order valence-electron chi connectivity index (χ2n) is 6.06. The molecule has 0 amide bonds. The third-order valence-corrected chi connectivity index (χ3v) is 4.36. The molecule has 0 spiro atoms. The highest BCUT2D eigenvalue weighted by atomic mass is 16.1. The van der Waals surface area contributed by atoms with E-state index in [-0.39, 0.29) is 18.6 Å². The summed E-state index contributed by atoms with van der Waals surface area (Å²) in [6.07, 6.45) is 3.74. The van der Waals surface area contributed by atoms with Crippen LogP contribution in [0.1, 0.15) is 24.0 Å². The second kappa shape index (κ2) is 8.06. The van der Waals surface area contributed by atoms with Gasteiger partial charge < -0.3 is 0 Å². The van der Waals surface area contributed by atoms with Gasteiger partial charge in [-0.2, -0.15) is 0 Å². The van der Waals surface area contributed by atoms with E-state index in [1.807, 2.05) is 60.7 Å². The van der Waals surface area contributed by atoms with Crippen LogP contribution in [-0.4, -0.2) is 11.4 Å². The Morgan fingerprint density at radius 2 is 1.37 bits per heavy atom. The molecule has 1 saturated carbocycles. The zero-order valence-corrected chi connectivity index (χ0v) is 14.4.